The van der Waals surface area contributed by atoms with Crippen LogP contribution in [0.4, 0.5) is 18.0 Å². The molecule has 2 saturated heterocycles. The minimum absolute atomic E-state index is 0.0514. The molecule has 210 valence electrons. The molecule has 7 nitrogen and oxygen atoms in total. The number of methoxy groups -OCH3 is 1. The van der Waals surface area contributed by atoms with Gasteiger partial charge in [-0.3, -0.25) is 0 Å². The molecule has 0 N–H and O–H groups in total. The van der Waals surface area contributed by atoms with Gasteiger partial charge in [-0.2, -0.15) is 0 Å². The topological polar surface area (TPSA) is 63.6 Å². The maximum atomic E-state index is 13.5. The number of aryl methyl sites for hydroxylation is 1. The molecule has 2 aliphatic rings. The lowest BCUT2D eigenvalue weighted by Gasteiger charge is -2.41. The summed E-state index contributed by atoms with van der Waals surface area (Å²) in [5.74, 6) is -0.171. The molecule has 0 bridgehead atoms. The number of benzene rings is 2. The zero-order chi connectivity index (χ0) is 28.0. The van der Waals surface area contributed by atoms with Crippen LogP contribution in [0.1, 0.15) is 36.0 Å². The van der Waals surface area contributed by atoms with Gasteiger partial charge in [0.1, 0.15) is 5.75 Å². The van der Waals surface area contributed by atoms with Crippen molar-refractivity contribution >= 4 is 17.6 Å². The number of likely N-dealkylation sites (tertiary alicyclic amines) is 1. The van der Waals surface area contributed by atoms with Crippen molar-refractivity contribution in [3.63, 3.8) is 0 Å². The molecule has 2 aromatic carbocycles. The molecule has 2 aliphatic heterocycles. The van der Waals surface area contributed by atoms with Gasteiger partial charge in [-0.25, -0.2) is 9.79 Å². The Morgan fingerprint density at radius 1 is 1.10 bits per heavy atom. The van der Waals surface area contributed by atoms with Gasteiger partial charge in [-0.1, -0.05) is 49.9 Å². The van der Waals surface area contributed by atoms with Crippen molar-refractivity contribution in [3.8, 4) is 5.75 Å². The Hall–Kier alpha value is -3.53. The molecule has 0 radical (unpaired) electrons. The molecule has 2 aromatic rings. The van der Waals surface area contributed by atoms with Crippen LogP contribution in [0.2, 0.25) is 0 Å². The first kappa shape index (κ1) is 28.5. The molecule has 10 heteroatoms. The molecule has 2 amide bonds. The molecule has 39 heavy (non-hydrogen) atoms. The Bertz CT molecular complexity index is 1180. The quantitative estimate of drug-likeness (QED) is 0.344. The molecule has 0 saturated carbocycles. The average molecular weight is 546 g/mol. The molecule has 0 aromatic heterocycles. The van der Waals surface area contributed by atoms with E-state index in [1.54, 1.807) is 11.0 Å². The SMILES string of the molecule is C=C(N=C(OC)C1CC(c2ccc(CC)cc2)CN(C(=O)N2CCOCC2)C1)c1cccc(OC(F)(F)F)c1. The summed E-state index contributed by atoms with van der Waals surface area (Å²) in [4.78, 5) is 21.7. The Labute approximate surface area is 226 Å². The summed E-state index contributed by atoms with van der Waals surface area (Å²) >= 11 is 0. The van der Waals surface area contributed by atoms with E-state index in [2.05, 4.69) is 47.5 Å². The van der Waals surface area contributed by atoms with E-state index >= 15 is 0 Å². The smallest absolute Gasteiger partial charge is 0.484 e. The van der Waals surface area contributed by atoms with Gasteiger partial charge in [-0.05, 0) is 36.1 Å². The Balaban J connectivity index is 1.59. The van der Waals surface area contributed by atoms with Crippen molar-refractivity contribution in [2.75, 3.05) is 46.5 Å². The van der Waals surface area contributed by atoms with E-state index in [9.17, 15) is 18.0 Å². The highest BCUT2D eigenvalue weighted by Gasteiger charge is 2.36. The number of rotatable bonds is 6. The van der Waals surface area contributed by atoms with Crippen molar-refractivity contribution < 1.29 is 32.2 Å². The number of hydrogen-bond donors (Lipinski definition) is 0. The van der Waals surface area contributed by atoms with Crippen molar-refractivity contribution in [1.82, 2.24) is 9.80 Å². The Kier molecular flexibility index (Phi) is 9.16. The zero-order valence-corrected chi connectivity index (χ0v) is 22.2. The molecule has 2 heterocycles. The van der Waals surface area contributed by atoms with Gasteiger partial charge in [0.25, 0.3) is 0 Å². The highest BCUT2D eigenvalue weighted by atomic mass is 19.4. The second kappa shape index (κ2) is 12.5. The summed E-state index contributed by atoms with van der Waals surface area (Å²) < 4.78 is 53.3. The lowest BCUT2D eigenvalue weighted by molar-refractivity contribution is -0.274. The predicted molar refractivity (Wildman–Crippen MR) is 143 cm³/mol. The van der Waals surface area contributed by atoms with Crippen LogP contribution < -0.4 is 4.74 Å². The number of piperidine rings is 1. The van der Waals surface area contributed by atoms with E-state index in [0.717, 1.165) is 12.0 Å². The van der Waals surface area contributed by atoms with Gasteiger partial charge in [0.15, 0.2) is 5.90 Å². The first-order valence-corrected chi connectivity index (χ1v) is 13.0. The number of halogens is 3. The third-order valence-corrected chi connectivity index (χ3v) is 7.07. The van der Waals surface area contributed by atoms with Crippen LogP contribution in [0.3, 0.4) is 0 Å². The molecule has 2 unspecified atom stereocenters. The molecule has 0 spiro atoms. The van der Waals surface area contributed by atoms with Crippen LogP contribution in [-0.4, -0.2) is 74.6 Å². The first-order chi connectivity index (χ1) is 18.7. The number of amides is 2. The second-order valence-corrected chi connectivity index (χ2v) is 9.69. The maximum Gasteiger partial charge on any atom is 0.573 e. The van der Waals surface area contributed by atoms with Gasteiger partial charge in [0.05, 0.1) is 31.9 Å². The number of morpholine rings is 1. The van der Waals surface area contributed by atoms with Gasteiger partial charge < -0.3 is 24.0 Å². The second-order valence-electron chi connectivity index (χ2n) is 9.69. The van der Waals surface area contributed by atoms with Crippen LogP contribution in [0.25, 0.3) is 5.70 Å². The number of aliphatic imine (C=N–C) groups is 1. The van der Waals surface area contributed by atoms with E-state index in [-0.39, 0.29) is 29.3 Å². The van der Waals surface area contributed by atoms with Gasteiger partial charge >= 0.3 is 12.4 Å². The lowest BCUT2D eigenvalue weighted by atomic mass is 9.84. The first-order valence-electron chi connectivity index (χ1n) is 13.0. The van der Waals surface area contributed by atoms with Crippen molar-refractivity contribution in [2.45, 2.75) is 32.0 Å². The number of alkyl halides is 3. The van der Waals surface area contributed by atoms with Crippen molar-refractivity contribution in [3.05, 3.63) is 71.8 Å². The lowest BCUT2D eigenvalue weighted by Crippen LogP contribution is -2.53. The summed E-state index contributed by atoms with van der Waals surface area (Å²) in [7, 11) is 1.50. The molecule has 2 fully saturated rings. The Morgan fingerprint density at radius 3 is 2.46 bits per heavy atom. The van der Waals surface area contributed by atoms with E-state index in [1.165, 1.54) is 30.9 Å². The highest BCUT2D eigenvalue weighted by Crippen LogP contribution is 2.33. The van der Waals surface area contributed by atoms with Crippen LogP contribution in [0, 0.1) is 5.92 Å². The normalized spacial score (nSPS) is 20.5. The van der Waals surface area contributed by atoms with Crippen LogP contribution in [-0.2, 0) is 15.9 Å². The van der Waals surface area contributed by atoms with Crippen LogP contribution >= 0.6 is 0 Å². The number of ether oxygens (including phenoxy) is 3. The monoisotopic (exact) mass is 545 g/mol. The largest absolute Gasteiger partial charge is 0.573 e. The molecule has 4 rings (SSSR count). The summed E-state index contributed by atoms with van der Waals surface area (Å²) in [6.07, 6.45) is -3.17. The zero-order valence-electron chi connectivity index (χ0n) is 22.2. The number of carbonyl (C=O) groups excluding carboxylic acids is 1. The van der Waals surface area contributed by atoms with E-state index in [0.29, 0.717) is 57.3 Å². The fourth-order valence-corrected chi connectivity index (χ4v) is 5.03. The van der Waals surface area contributed by atoms with Crippen molar-refractivity contribution in [1.29, 1.82) is 0 Å². The van der Waals surface area contributed by atoms with Crippen molar-refractivity contribution in [2.24, 2.45) is 10.9 Å². The fourth-order valence-electron chi connectivity index (χ4n) is 5.03. The summed E-state index contributed by atoms with van der Waals surface area (Å²) in [6.45, 7) is 9.11. The molecular formula is C29H34F3N3O4. The van der Waals surface area contributed by atoms with E-state index in [4.69, 9.17) is 9.47 Å². The van der Waals surface area contributed by atoms with Crippen LogP contribution in [0.5, 0.6) is 5.75 Å². The van der Waals surface area contributed by atoms with Gasteiger partial charge in [0, 0.05) is 37.7 Å². The number of urea groups is 1. The van der Waals surface area contributed by atoms with E-state index < -0.39 is 6.36 Å². The molecular weight excluding hydrogens is 511 g/mol. The minimum Gasteiger partial charge on any atom is -0.484 e. The number of carbonyl (C=O) groups is 1. The minimum atomic E-state index is -4.80. The van der Waals surface area contributed by atoms with Gasteiger partial charge in [-0.15, -0.1) is 13.2 Å². The number of hydrogen-bond acceptors (Lipinski definition) is 5. The van der Waals surface area contributed by atoms with Crippen LogP contribution in [0.15, 0.2) is 60.1 Å². The standard InChI is InChI=1S/C29H34F3N3O4/c1-4-21-8-10-22(11-9-21)24-16-25(19-35(18-24)28(36)34-12-14-38-15-13-34)27(37-3)33-20(2)23-6-5-7-26(17-23)39-29(30,31)32/h5-11,17,24-25H,2,4,12-16,18-19H2,1,3H3. The third kappa shape index (κ3) is 7.53. The average Bonchev–Trinajstić information content (AvgIpc) is 2.95. The highest BCUT2D eigenvalue weighted by molar-refractivity contribution is 5.86. The number of nitrogens with zero attached hydrogens (tertiary/aromatic N) is 3. The third-order valence-electron chi connectivity index (χ3n) is 7.07. The fraction of sp³-hybridized carbons (Fsp3) is 0.448. The summed E-state index contributed by atoms with van der Waals surface area (Å²) in [5, 5.41) is 0. The van der Waals surface area contributed by atoms with Gasteiger partial charge in [0.2, 0.25) is 0 Å². The van der Waals surface area contributed by atoms with E-state index in [1.807, 2.05) is 4.90 Å². The molecule has 0 aliphatic carbocycles. The molecule has 2 atom stereocenters. The Morgan fingerprint density at radius 2 is 1.82 bits per heavy atom. The summed E-state index contributed by atoms with van der Waals surface area (Å²) in [6, 6.07) is 13.9. The summed E-state index contributed by atoms with van der Waals surface area (Å²) in [5.41, 5.74) is 2.97. The maximum absolute atomic E-state index is 13.5. The predicted octanol–water partition coefficient (Wildman–Crippen LogP) is 5.72.